The molecule has 1 atom stereocenters. The third kappa shape index (κ3) is 3.50. The second-order valence-electron chi connectivity index (χ2n) is 5.17. The molecule has 3 rings (SSSR count). The summed E-state index contributed by atoms with van der Waals surface area (Å²) in [7, 11) is 0. The second kappa shape index (κ2) is 6.62. The Morgan fingerprint density at radius 1 is 1.17 bits per heavy atom. The molecular weight excluding hydrogens is 335 g/mol. The number of amides is 1. The van der Waals surface area contributed by atoms with Crippen molar-refractivity contribution in [1.29, 1.82) is 0 Å². The molecule has 1 heterocycles. The van der Waals surface area contributed by atoms with Gasteiger partial charge in [0, 0.05) is 39.4 Å². The van der Waals surface area contributed by atoms with Gasteiger partial charge in [-0.15, -0.1) is 0 Å². The lowest BCUT2D eigenvalue weighted by atomic mass is 10.1. The zero-order chi connectivity index (χ0) is 16.4. The van der Waals surface area contributed by atoms with Gasteiger partial charge in [-0.2, -0.15) is 0 Å². The molecule has 1 unspecified atom stereocenters. The van der Waals surface area contributed by atoms with Crippen molar-refractivity contribution in [1.82, 2.24) is 10.3 Å². The van der Waals surface area contributed by atoms with E-state index in [1.165, 1.54) is 0 Å². The fraction of sp³-hybridized carbons (Fsp3) is 0.118. The van der Waals surface area contributed by atoms with Gasteiger partial charge >= 0.3 is 0 Å². The van der Waals surface area contributed by atoms with Gasteiger partial charge in [-0.1, -0.05) is 35.3 Å². The molecule has 6 heteroatoms. The lowest BCUT2D eigenvalue weighted by Crippen LogP contribution is -2.28. The first kappa shape index (κ1) is 15.9. The van der Waals surface area contributed by atoms with Gasteiger partial charge in [0.1, 0.15) is 0 Å². The minimum absolute atomic E-state index is 0.0585. The van der Waals surface area contributed by atoms with Crippen LogP contribution in [0.5, 0.6) is 0 Å². The van der Waals surface area contributed by atoms with Crippen LogP contribution < -0.4 is 5.32 Å². The first-order valence-electron chi connectivity index (χ1n) is 7.03. The highest BCUT2D eigenvalue weighted by Gasteiger charge is 2.14. The summed E-state index contributed by atoms with van der Waals surface area (Å²) >= 11 is 11.9. The zero-order valence-corrected chi connectivity index (χ0v) is 13.5. The summed E-state index contributed by atoms with van der Waals surface area (Å²) in [5, 5.41) is 14.8. The van der Waals surface area contributed by atoms with E-state index in [4.69, 9.17) is 23.2 Å². The number of fused-ring (bicyclic) bond motifs is 1. The van der Waals surface area contributed by atoms with Gasteiger partial charge in [-0.05, 0) is 35.7 Å². The number of aliphatic hydroxyl groups is 1. The second-order valence-corrected chi connectivity index (χ2v) is 6.01. The molecule has 2 aromatic carbocycles. The summed E-state index contributed by atoms with van der Waals surface area (Å²) in [6.45, 7) is 0.0585. The molecule has 23 heavy (non-hydrogen) atoms. The highest BCUT2D eigenvalue weighted by atomic mass is 35.5. The number of aliphatic hydroxyl groups excluding tert-OH is 1. The van der Waals surface area contributed by atoms with Gasteiger partial charge in [-0.25, -0.2) is 0 Å². The normalized spacial score (nSPS) is 12.3. The molecule has 0 aliphatic rings. The Kier molecular flexibility index (Phi) is 4.57. The molecule has 0 aliphatic carbocycles. The molecule has 0 fully saturated rings. The summed E-state index contributed by atoms with van der Waals surface area (Å²) in [4.78, 5) is 15.3. The zero-order valence-electron chi connectivity index (χ0n) is 12.0. The van der Waals surface area contributed by atoms with Crippen LogP contribution in [0.4, 0.5) is 0 Å². The number of hydrogen-bond acceptors (Lipinski definition) is 2. The Morgan fingerprint density at radius 3 is 2.78 bits per heavy atom. The Labute approximate surface area is 143 Å². The first-order chi connectivity index (χ1) is 11.0. The number of carbonyl (C=O) groups excluding carboxylic acids is 1. The third-order valence-corrected chi connectivity index (χ3v) is 4.16. The molecule has 0 saturated heterocycles. The molecule has 0 bridgehead atoms. The first-order valence-corrected chi connectivity index (χ1v) is 7.78. The van der Waals surface area contributed by atoms with Crippen molar-refractivity contribution in [3.8, 4) is 0 Å². The number of nitrogens with one attached hydrogen (secondary N) is 2. The van der Waals surface area contributed by atoms with E-state index in [0.29, 0.717) is 21.2 Å². The standard InChI is InChI=1S/C17H14Cl2N2O2/c18-12-3-4-13(14(19)8-12)16(22)9-21-17(23)11-2-1-10-5-6-20-15(10)7-11/h1-8,16,20,22H,9H2,(H,21,23). The Hall–Kier alpha value is -2.01. The summed E-state index contributed by atoms with van der Waals surface area (Å²) in [5.74, 6) is -0.259. The smallest absolute Gasteiger partial charge is 0.251 e. The third-order valence-electron chi connectivity index (χ3n) is 3.59. The largest absolute Gasteiger partial charge is 0.387 e. The summed E-state index contributed by atoms with van der Waals surface area (Å²) in [6.07, 6.45) is 0.913. The molecule has 0 saturated carbocycles. The number of rotatable bonds is 4. The van der Waals surface area contributed by atoms with Crippen LogP contribution in [0.2, 0.25) is 10.0 Å². The van der Waals surface area contributed by atoms with E-state index >= 15 is 0 Å². The van der Waals surface area contributed by atoms with Crippen LogP contribution >= 0.6 is 23.2 Å². The van der Waals surface area contributed by atoms with E-state index in [2.05, 4.69) is 10.3 Å². The number of aromatic nitrogens is 1. The Morgan fingerprint density at radius 2 is 2.00 bits per heavy atom. The van der Waals surface area contributed by atoms with E-state index in [0.717, 1.165) is 10.9 Å². The minimum Gasteiger partial charge on any atom is -0.387 e. The SMILES string of the molecule is O=C(NCC(O)c1ccc(Cl)cc1Cl)c1ccc2cc[nH]c2c1. The number of aromatic amines is 1. The monoisotopic (exact) mass is 348 g/mol. The maximum atomic E-state index is 12.2. The van der Waals surface area contributed by atoms with E-state index < -0.39 is 6.10 Å². The number of H-pyrrole nitrogens is 1. The molecular formula is C17H14Cl2N2O2. The van der Waals surface area contributed by atoms with Crippen molar-refractivity contribution >= 4 is 40.0 Å². The summed E-state index contributed by atoms with van der Waals surface area (Å²) in [6, 6.07) is 12.2. The van der Waals surface area contributed by atoms with Gasteiger partial charge in [-0.3, -0.25) is 4.79 Å². The van der Waals surface area contributed by atoms with Crippen LogP contribution in [-0.2, 0) is 0 Å². The molecule has 1 aromatic heterocycles. The minimum atomic E-state index is -0.905. The molecule has 0 radical (unpaired) electrons. The van der Waals surface area contributed by atoms with Crippen LogP contribution in [-0.4, -0.2) is 22.5 Å². The molecule has 3 N–H and O–H groups in total. The van der Waals surface area contributed by atoms with Crippen LogP contribution in [0.3, 0.4) is 0 Å². The molecule has 0 spiro atoms. The van der Waals surface area contributed by atoms with Gasteiger partial charge in [0.2, 0.25) is 0 Å². The van der Waals surface area contributed by atoms with Crippen molar-refractivity contribution < 1.29 is 9.90 Å². The lowest BCUT2D eigenvalue weighted by Gasteiger charge is -2.14. The fourth-order valence-electron chi connectivity index (χ4n) is 2.36. The predicted octanol–water partition coefficient (Wildman–Crippen LogP) is 3.94. The van der Waals surface area contributed by atoms with E-state index in [-0.39, 0.29) is 12.5 Å². The molecule has 118 valence electrons. The number of benzene rings is 2. The van der Waals surface area contributed by atoms with Crippen molar-refractivity contribution in [3.63, 3.8) is 0 Å². The van der Waals surface area contributed by atoms with Gasteiger partial charge < -0.3 is 15.4 Å². The molecule has 1 amide bonds. The van der Waals surface area contributed by atoms with Gasteiger partial charge in [0.05, 0.1) is 6.10 Å². The molecule has 3 aromatic rings. The van der Waals surface area contributed by atoms with Gasteiger partial charge in [0.25, 0.3) is 5.91 Å². The number of carbonyl (C=O) groups is 1. The van der Waals surface area contributed by atoms with E-state index in [9.17, 15) is 9.90 Å². The Balaban J connectivity index is 1.68. The van der Waals surface area contributed by atoms with Crippen molar-refractivity contribution in [3.05, 3.63) is 69.8 Å². The van der Waals surface area contributed by atoms with Crippen molar-refractivity contribution in [2.45, 2.75) is 6.10 Å². The van der Waals surface area contributed by atoms with Crippen LogP contribution in [0.25, 0.3) is 10.9 Å². The lowest BCUT2D eigenvalue weighted by molar-refractivity contribution is 0.0916. The number of halogens is 2. The van der Waals surface area contributed by atoms with Crippen LogP contribution in [0.15, 0.2) is 48.7 Å². The van der Waals surface area contributed by atoms with E-state index in [1.807, 2.05) is 18.3 Å². The molecule has 0 aliphatic heterocycles. The topological polar surface area (TPSA) is 65.1 Å². The molecule has 4 nitrogen and oxygen atoms in total. The summed E-state index contributed by atoms with van der Waals surface area (Å²) < 4.78 is 0. The van der Waals surface area contributed by atoms with Crippen molar-refractivity contribution in [2.24, 2.45) is 0 Å². The Bertz CT molecular complexity index is 861. The fourth-order valence-corrected chi connectivity index (χ4v) is 2.90. The maximum absolute atomic E-state index is 12.2. The summed E-state index contributed by atoms with van der Waals surface area (Å²) in [5.41, 5.74) is 1.93. The van der Waals surface area contributed by atoms with Crippen molar-refractivity contribution in [2.75, 3.05) is 6.54 Å². The maximum Gasteiger partial charge on any atom is 0.251 e. The average molecular weight is 349 g/mol. The highest BCUT2D eigenvalue weighted by molar-refractivity contribution is 6.35. The predicted molar refractivity (Wildman–Crippen MR) is 92.1 cm³/mol. The average Bonchev–Trinajstić information content (AvgIpc) is 2.99. The van der Waals surface area contributed by atoms with Crippen LogP contribution in [0, 0.1) is 0 Å². The van der Waals surface area contributed by atoms with Gasteiger partial charge in [0.15, 0.2) is 0 Å². The van der Waals surface area contributed by atoms with E-state index in [1.54, 1.807) is 30.3 Å². The number of hydrogen-bond donors (Lipinski definition) is 3. The quantitative estimate of drug-likeness (QED) is 0.668. The highest BCUT2D eigenvalue weighted by Crippen LogP contribution is 2.26. The van der Waals surface area contributed by atoms with Crippen LogP contribution in [0.1, 0.15) is 22.0 Å².